The number of nitro benzene ring substituents is 2. The molecule has 250 valence electrons. The number of hydrogen-bond donors (Lipinski definition) is 0. The Morgan fingerprint density at radius 3 is 1.23 bits per heavy atom. The first kappa shape index (κ1) is 33.2. The van der Waals surface area contributed by atoms with Gasteiger partial charge in [-0.3, -0.25) is 20.2 Å². The Kier molecular flexibility index (Phi) is 10.4. The normalized spacial score (nSPS) is 19.4. The van der Waals surface area contributed by atoms with Crippen molar-refractivity contribution in [2.45, 2.75) is 83.0 Å². The van der Waals surface area contributed by atoms with Gasteiger partial charge in [0.2, 0.25) is 0 Å². The van der Waals surface area contributed by atoms with Crippen molar-refractivity contribution >= 4 is 11.4 Å². The third kappa shape index (κ3) is 7.87. The minimum atomic E-state index is -0.418. The largest absolute Gasteiger partial charge is 0.457 e. The molecule has 0 amide bonds. The fourth-order valence-corrected chi connectivity index (χ4v) is 7.83. The second kappa shape index (κ2) is 15.0. The van der Waals surface area contributed by atoms with E-state index in [1.807, 2.05) is 24.3 Å². The van der Waals surface area contributed by atoms with Crippen molar-refractivity contribution in [1.29, 1.82) is 0 Å². The van der Waals surface area contributed by atoms with Crippen molar-refractivity contribution in [3.05, 3.63) is 128 Å². The van der Waals surface area contributed by atoms with Crippen molar-refractivity contribution in [3.8, 4) is 23.0 Å². The predicted octanol–water partition coefficient (Wildman–Crippen LogP) is 11.6. The Bertz CT molecular complexity index is 1550. The first-order valence-corrected chi connectivity index (χ1v) is 17.4. The molecule has 0 radical (unpaired) electrons. The highest BCUT2D eigenvalue weighted by Crippen LogP contribution is 2.49. The Morgan fingerprint density at radius 2 is 0.875 bits per heavy atom. The molecule has 8 heteroatoms. The fraction of sp³-hybridized carbons (Fsp3) is 0.400. The zero-order chi connectivity index (χ0) is 33.5. The van der Waals surface area contributed by atoms with Crippen LogP contribution in [0.5, 0.6) is 23.0 Å². The average Bonchev–Trinajstić information content (AvgIpc) is 3.12. The zero-order valence-corrected chi connectivity index (χ0v) is 27.6. The van der Waals surface area contributed by atoms with Gasteiger partial charge in [-0.15, -0.1) is 0 Å². The third-order valence-electron chi connectivity index (χ3n) is 10.9. The van der Waals surface area contributed by atoms with Crippen LogP contribution in [0.2, 0.25) is 0 Å². The van der Waals surface area contributed by atoms with Gasteiger partial charge in [-0.05, 0) is 103 Å². The van der Waals surface area contributed by atoms with Gasteiger partial charge in [-0.1, -0.05) is 76.1 Å². The highest BCUT2D eigenvalue weighted by molar-refractivity contribution is 5.46. The molecule has 8 nitrogen and oxygen atoms in total. The van der Waals surface area contributed by atoms with Crippen LogP contribution in [-0.2, 0) is 5.41 Å². The fourth-order valence-electron chi connectivity index (χ4n) is 7.83. The molecule has 0 atom stereocenters. The van der Waals surface area contributed by atoms with Crippen molar-refractivity contribution in [2.24, 2.45) is 17.8 Å². The van der Waals surface area contributed by atoms with Crippen LogP contribution in [-0.4, -0.2) is 9.85 Å². The first-order chi connectivity index (χ1) is 23.3. The number of ether oxygens (including phenoxy) is 2. The molecule has 2 aliphatic carbocycles. The number of nitrogens with zero attached hydrogens (tertiary/aromatic N) is 2. The number of non-ortho nitro benzene ring substituents is 2. The van der Waals surface area contributed by atoms with E-state index >= 15 is 0 Å². The summed E-state index contributed by atoms with van der Waals surface area (Å²) in [6.07, 6.45) is 14.1. The van der Waals surface area contributed by atoms with Gasteiger partial charge in [0.1, 0.15) is 23.0 Å². The Hall–Kier alpha value is -4.72. The number of benzene rings is 4. The maximum atomic E-state index is 11.0. The molecule has 0 bridgehead atoms. The number of rotatable bonds is 12. The van der Waals surface area contributed by atoms with Crippen LogP contribution >= 0.6 is 0 Å². The summed E-state index contributed by atoms with van der Waals surface area (Å²) in [7, 11) is 0. The van der Waals surface area contributed by atoms with Crippen LogP contribution in [0.1, 0.15) is 88.7 Å². The smallest absolute Gasteiger partial charge is 0.269 e. The van der Waals surface area contributed by atoms with E-state index in [1.54, 1.807) is 24.3 Å². The van der Waals surface area contributed by atoms with E-state index < -0.39 is 9.85 Å². The summed E-state index contributed by atoms with van der Waals surface area (Å²) < 4.78 is 12.1. The molecule has 0 spiro atoms. The van der Waals surface area contributed by atoms with Gasteiger partial charge in [0.25, 0.3) is 11.4 Å². The molecular formula is C40H44N2O6. The number of nitro groups is 2. The van der Waals surface area contributed by atoms with Crippen LogP contribution in [0.3, 0.4) is 0 Å². The molecule has 2 aliphatic rings. The SMILES string of the molecule is CCC1CCC(CCC2CCC(c3ccc(Oc4ccc([N+](=O)[O-])cc4)cc3)(c3ccc(Oc4ccc([N+](=O)[O-])cc4)cc3)CC2)CC1. The molecular weight excluding hydrogens is 604 g/mol. The highest BCUT2D eigenvalue weighted by Gasteiger charge is 2.38. The summed E-state index contributed by atoms with van der Waals surface area (Å²) >= 11 is 0. The Morgan fingerprint density at radius 1 is 0.542 bits per heavy atom. The second-order valence-corrected chi connectivity index (χ2v) is 13.7. The summed E-state index contributed by atoms with van der Waals surface area (Å²) in [5.74, 6) is 5.05. The molecule has 0 N–H and O–H groups in total. The standard InChI is InChI=1S/C40H44N2O6/c1-2-29-3-5-30(6-4-29)7-8-31-25-27-40(28-26-31,32-9-17-36(18-10-32)47-38-21-13-34(14-22-38)41(43)44)33-11-19-37(20-12-33)48-39-23-15-35(16-24-39)42(45)46/h9-24,29-31H,2-8,25-28H2,1H3. The molecule has 0 saturated heterocycles. The van der Waals surface area contributed by atoms with Crippen LogP contribution in [0.4, 0.5) is 11.4 Å². The number of hydrogen-bond acceptors (Lipinski definition) is 6. The highest BCUT2D eigenvalue weighted by atomic mass is 16.6. The lowest BCUT2D eigenvalue weighted by atomic mass is 9.62. The molecule has 6 rings (SSSR count). The van der Waals surface area contributed by atoms with Crippen molar-refractivity contribution in [1.82, 2.24) is 0 Å². The van der Waals surface area contributed by atoms with Crippen LogP contribution in [0.25, 0.3) is 0 Å². The van der Waals surface area contributed by atoms with Gasteiger partial charge < -0.3 is 9.47 Å². The first-order valence-electron chi connectivity index (χ1n) is 17.4. The maximum absolute atomic E-state index is 11.0. The van der Waals surface area contributed by atoms with Crippen LogP contribution in [0, 0.1) is 38.0 Å². The summed E-state index contributed by atoms with van der Waals surface area (Å²) in [5, 5.41) is 22.1. The van der Waals surface area contributed by atoms with Gasteiger partial charge in [0.05, 0.1) is 9.85 Å². The quantitative estimate of drug-likeness (QED) is 0.112. The lowest BCUT2D eigenvalue weighted by Crippen LogP contribution is -2.33. The van der Waals surface area contributed by atoms with E-state index in [0.717, 1.165) is 30.6 Å². The van der Waals surface area contributed by atoms with Gasteiger partial charge in [0.15, 0.2) is 0 Å². The minimum absolute atomic E-state index is 0.0308. The molecule has 4 aromatic rings. The van der Waals surface area contributed by atoms with Gasteiger partial charge >= 0.3 is 0 Å². The van der Waals surface area contributed by atoms with Gasteiger partial charge in [-0.25, -0.2) is 0 Å². The lowest BCUT2D eigenvalue weighted by molar-refractivity contribution is -0.385. The van der Waals surface area contributed by atoms with E-state index in [-0.39, 0.29) is 16.8 Å². The van der Waals surface area contributed by atoms with Crippen LogP contribution < -0.4 is 9.47 Å². The van der Waals surface area contributed by atoms with Crippen LogP contribution in [0.15, 0.2) is 97.1 Å². The predicted molar refractivity (Wildman–Crippen MR) is 187 cm³/mol. The molecule has 4 aromatic carbocycles. The summed E-state index contributed by atoms with van der Waals surface area (Å²) in [6, 6.07) is 28.9. The Balaban J connectivity index is 1.17. The van der Waals surface area contributed by atoms with E-state index in [4.69, 9.17) is 9.47 Å². The van der Waals surface area contributed by atoms with E-state index in [2.05, 4.69) is 31.2 Å². The molecule has 0 aromatic heterocycles. The van der Waals surface area contributed by atoms with Crippen molar-refractivity contribution in [3.63, 3.8) is 0 Å². The van der Waals surface area contributed by atoms with Gasteiger partial charge in [0, 0.05) is 29.7 Å². The van der Waals surface area contributed by atoms with Crippen molar-refractivity contribution < 1.29 is 19.3 Å². The monoisotopic (exact) mass is 648 g/mol. The summed E-state index contributed by atoms with van der Waals surface area (Å²) in [6.45, 7) is 2.33. The zero-order valence-electron chi connectivity index (χ0n) is 27.6. The molecule has 2 fully saturated rings. The molecule has 0 unspecified atom stereocenters. The molecule has 2 saturated carbocycles. The van der Waals surface area contributed by atoms with Gasteiger partial charge in [-0.2, -0.15) is 0 Å². The minimum Gasteiger partial charge on any atom is -0.457 e. The summed E-state index contributed by atoms with van der Waals surface area (Å²) in [4.78, 5) is 21.2. The van der Waals surface area contributed by atoms with E-state index in [1.165, 1.54) is 93.2 Å². The molecule has 48 heavy (non-hydrogen) atoms. The Labute approximate surface area is 282 Å². The van der Waals surface area contributed by atoms with E-state index in [9.17, 15) is 20.2 Å². The maximum Gasteiger partial charge on any atom is 0.269 e. The second-order valence-electron chi connectivity index (χ2n) is 13.7. The molecule has 0 aliphatic heterocycles. The topological polar surface area (TPSA) is 105 Å². The average molecular weight is 649 g/mol. The van der Waals surface area contributed by atoms with Crippen molar-refractivity contribution in [2.75, 3.05) is 0 Å². The third-order valence-corrected chi connectivity index (χ3v) is 10.9. The lowest BCUT2D eigenvalue weighted by Gasteiger charge is -2.42. The van der Waals surface area contributed by atoms with E-state index in [0.29, 0.717) is 23.0 Å². The summed E-state index contributed by atoms with van der Waals surface area (Å²) in [5.41, 5.74) is 2.41. The molecule has 0 heterocycles.